The fourth-order valence-electron chi connectivity index (χ4n) is 6.06. The molecule has 4 aliphatic rings. The number of benzene rings is 1. The van der Waals surface area contributed by atoms with Gasteiger partial charge in [-0.05, 0) is 90.5 Å². The zero-order chi connectivity index (χ0) is 15.3. The van der Waals surface area contributed by atoms with Crippen LogP contribution in [0.15, 0.2) is 24.3 Å². The van der Waals surface area contributed by atoms with Crippen molar-refractivity contribution >= 4 is 22.6 Å². The lowest BCUT2D eigenvalue weighted by Crippen LogP contribution is -3.00. The second-order valence-corrected chi connectivity index (χ2v) is 10.2. The maximum atomic E-state index is 2.45. The number of hydrogen-bond acceptors (Lipinski definition) is 0. The van der Waals surface area contributed by atoms with Crippen molar-refractivity contribution in [3.63, 3.8) is 0 Å². The fourth-order valence-corrected chi connectivity index (χ4v) is 6.41. The van der Waals surface area contributed by atoms with Crippen LogP contribution in [0, 0.1) is 33.2 Å². The molecule has 0 heterocycles. The molecular formula is C20H29I2N. The van der Waals surface area contributed by atoms with Gasteiger partial charge in [0.15, 0.2) is 0 Å². The number of hydrogen-bond donors (Lipinski definition) is 0. The van der Waals surface area contributed by atoms with Crippen LogP contribution in [0.5, 0.6) is 0 Å². The number of halogens is 2. The maximum Gasteiger partial charge on any atom is 0.104 e. The van der Waals surface area contributed by atoms with Gasteiger partial charge in [0.05, 0.1) is 20.6 Å². The van der Waals surface area contributed by atoms with Crippen molar-refractivity contribution < 1.29 is 28.5 Å². The summed E-state index contributed by atoms with van der Waals surface area (Å²) in [4.78, 5) is 0. The largest absolute Gasteiger partial charge is 1.00 e. The van der Waals surface area contributed by atoms with Crippen LogP contribution in [-0.2, 0) is 6.54 Å². The zero-order valence-corrected chi connectivity index (χ0v) is 18.7. The molecule has 1 aromatic carbocycles. The third kappa shape index (κ3) is 4.08. The number of quaternary nitrogens is 1. The normalized spacial score (nSPS) is 35.2. The Hall–Kier alpha value is 0.640. The first-order valence-corrected chi connectivity index (χ1v) is 10.1. The van der Waals surface area contributed by atoms with Gasteiger partial charge in [0.1, 0.15) is 6.54 Å². The highest BCUT2D eigenvalue weighted by molar-refractivity contribution is 14.1. The van der Waals surface area contributed by atoms with Crippen LogP contribution in [0.3, 0.4) is 0 Å². The van der Waals surface area contributed by atoms with Crippen LogP contribution in [-0.4, -0.2) is 25.1 Å². The van der Waals surface area contributed by atoms with Crippen molar-refractivity contribution in [2.24, 2.45) is 29.6 Å². The van der Waals surface area contributed by atoms with Gasteiger partial charge in [-0.25, -0.2) is 0 Å². The van der Waals surface area contributed by atoms with Crippen LogP contribution in [0.2, 0.25) is 0 Å². The second-order valence-electron chi connectivity index (χ2n) is 9.00. The monoisotopic (exact) mass is 537 g/mol. The SMILES string of the molecule is C[N+](C)(Cc1ccc(I)cc1)CC1C2CC3CC(C2)CC1C3.[I-]. The van der Waals surface area contributed by atoms with E-state index in [9.17, 15) is 0 Å². The molecule has 4 aliphatic carbocycles. The Morgan fingerprint density at radius 3 is 1.96 bits per heavy atom. The highest BCUT2D eigenvalue weighted by atomic mass is 127. The van der Waals surface area contributed by atoms with Gasteiger partial charge in [-0.3, -0.25) is 0 Å². The van der Waals surface area contributed by atoms with Crippen LogP contribution in [0.4, 0.5) is 0 Å². The Labute approximate surface area is 172 Å². The van der Waals surface area contributed by atoms with Crippen LogP contribution in [0.1, 0.15) is 37.7 Å². The molecule has 1 aromatic rings. The smallest absolute Gasteiger partial charge is 0.104 e. The molecular weight excluding hydrogens is 508 g/mol. The summed E-state index contributed by atoms with van der Waals surface area (Å²) < 4.78 is 2.50. The van der Waals surface area contributed by atoms with Crippen molar-refractivity contribution in [2.75, 3.05) is 20.6 Å². The molecule has 4 fully saturated rings. The molecule has 0 aliphatic heterocycles. The third-order valence-electron chi connectivity index (χ3n) is 6.65. The standard InChI is InChI=1S/C20H29IN.HI/c1-22(2,12-14-3-5-19(21)6-4-14)13-20-17-8-15-7-16(10-17)11-18(20)9-15;/h3-6,15-18,20H,7-13H2,1-2H3;1H/q+1;/p-1. The molecule has 1 nitrogen and oxygen atoms in total. The Morgan fingerprint density at radius 2 is 1.43 bits per heavy atom. The lowest BCUT2D eigenvalue weighted by Gasteiger charge is -2.55. The van der Waals surface area contributed by atoms with Gasteiger partial charge in [-0.2, -0.15) is 0 Å². The molecule has 128 valence electrons. The number of rotatable bonds is 4. The number of nitrogens with zero attached hydrogens (tertiary/aromatic N) is 1. The summed E-state index contributed by atoms with van der Waals surface area (Å²) in [7, 11) is 4.89. The van der Waals surface area contributed by atoms with Crippen molar-refractivity contribution in [2.45, 2.75) is 38.6 Å². The van der Waals surface area contributed by atoms with Gasteiger partial charge in [0, 0.05) is 15.1 Å². The van der Waals surface area contributed by atoms with Crippen molar-refractivity contribution in [3.05, 3.63) is 33.4 Å². The summed E-state index contributed by atoms with van der Waals surface area (Å²) in [6.07, 6.45) is 7.80. The molecule has 4 bridgehead atoms. The molecule has 0 radical (unpaired) electrons. The molecule has 3 heteroatoms. The summed E-state index contributed by atoms with van der Waals surface area (Å²) in [5, 5.41) is 0. The van der Waals surface area contributed by atoms with E-state index >= 15 is 0 Å². The fraction of sp³-hybridized carbons (Fsp3) is 0.700. The molecule has 0 atom stereocenters. The van der Waals surface area contributed by atoms with E-state index in [1.54, 1.807) is 32.1 Å². The Kier molecular flexibility index (Phi) is 5.69. The molecule has 0 unspecified atom stereocenters. The molecule has 0 saturated heterocycles. The molecule has 0 spiro atoms. The summed E-state index contributed by atoms with van der Waals surface area (Å²) in [5.41, 5.74) is 1.49. The molecule has 0 aromatic heterocycles. The average molecular weight is 537 g/mol. The zero-order valence-electron chi connectivity index (χ0n) is 14.3. The van der Waals surface area contributed by atoms with Crippen molar-refractivity contribution in [3.8, 4) is 0 Å². The summed E-state index contributed by atoms with van der Waals surface area (Å²) in [6, 6.07) is 9.13. The van der Waals surface area contributed by atoms with E-state index in [1.807, 2.05) is 0 Å². The maximum absolute atomic E-state index is 2.45. The minimum absolute atomic E-state index is 0. The Balaban J connectivity index is 0.00000156. The molecule has 0 amide bonds. The quantitative estimate of drug-likeness (QED) is 0.407. The van der Waals surface area contributed by atoms with Crippen LogP contribution < -0.4 is 24.0 Å². The Bertz CT molecular complexity index is 509. The highest BCUT2D eigenvalue weighted by Crippen LogP contribution is 2.56. The predicted octanol–water partition coefficient (Wildman–Crippen LogP) is 1.94. The third-order valence-corrected chi connectivity index (χ3v) is 7.37. The summed E-state index contributed by atoms with van der Waals surface area (Å²) >= 11 is 2.40. The van der Waals surface area contributed by atoms with E-state index in [4.69, 9.17) is 0 Å². The first kappa shape index (κ1) is 18.4. The van der Waals surface area contributed by atoms with Gasteiger partial charge in [-0.1, -0.05) is 12.1 Å². The van der Waals surface area contributed by atoms with Crippen molar-refractivity contribution in [1.82, 2.24) is 0 Å². The molecule has 5 rings (SSSR count). The topological polar surface area (TPSA) is 0 Å². The van der Waals surface area contributed by atoms with Gasteiger partial charge >= 0.3 is 0 Å². The van der Waals surface area contributed by atoms with E-state index in [0.717, 1.165) is 34.1 Å². The van der Waals surface area contributed by atoms with Gasteiger partial charge < -0.3 is 28.5 Å². The minimum Gasteiger partial charge on any atom is -1.00 e. The van der Waals surface area contributed by atoms with Crippen molar-refractivity contribution in [1.29, 1.82) is 0 Å². The second kappa shape index (κ2) is 7.10. The predicted molar refractivity (Wildman–Crippen MR) is 100 cm³/mol. The average Bonchev–Trinajstić information content (AvgIpc) is 2.44. The molecule has 4 saturated carbocycles. The Morgan fingerprint density at radius 1 is 0.913 bits per heavy atom. The van der Waals surface area contributed by atoms with Gasteiger partial charge in [0.2, 0.25) is 0 Å². The molecule has 23 heavy (non-hydrogen) atoms. The highest BCUT2D eigenvalue weighted by Gasteiger charge is 2.49. The molecule has 0 N–H and O–H groups in total. The van der Waals surface area contributed by atoms with Gasteiger partial charge in [0.25, 0.3) is 0 Å². The van der Waals surface area contributed by atoms with E-state index in [1.165, 1.54) is 22.2 Å². The van der Waals surface area contributed by atoms with E-state index in [2.05, 4.69) is 61.0 Å². The minimum atomic E-state index is 0. The first-order valence-electron chi connectivity index (χ1n) is 9.05. The van der Waals surface area contributed by atoms with E-state index in [0.29, 0.717) is 0 Å². The summed E-state index contributed by atoms with van der Waals surface area (Å²) in [5.74, 6) is 5.33. The van der Waals surface area contributed by atoms with Crippen LogP contribution in [0.25, 0.3) is 0 Å². The van der Waals surface area contributed by atoms with E-state index in [-0.39, 0.29) is 24.0 Å². The van der Waals surface area contributed by atoms with Crippen LogP contribution >= 0.6 is 22.6 Å². The van der Waals surface area contributed by atoms with E-state index < -0.39 is 0 Å². The lowest BCUT2D eigenvalue weighted by molar-refractivity contribution is -0.908. The van der Waals surface area contributed by atoms with Gasteiger partial charge in [-0.15, -0.1) is 0 Å². The lowest BCUT2D eigenvalue weighted by atomic mass is 9.52. The first-order chi connectivity index (χ1) is 10.5. The summed E-state index contributed by atoms with van der Waals surface area (Å²) in [6.45, 7) is 2.57.